The fraction of sp³-hybridized carbons (Fsp3) is 0.273. The molecule has 1 aromatic rings. The van der Waals surface area contributed by atoms with E-state index in [0.717, 1.165) is 0 Å². The fourth-order valence-corrected chi connectivity index (χ4v) is 1.28. The van der Waals surface area contributed by atoms with E-state index in [0.29, 0.717) is 17.7 Å². The van der Waals surface area contributed by atoms with Gasteiger partial charge >= 0.3 is 5.97 Å². The van der Waals surface area contributed by atoms with E-state index >= 15 is 0 Å². The molecule has 0 radical (unpaired) electrons. The molecule has 1 unspecified atom stereocenters. The molecule has 0 spiro atoms. The van der Waals surface area contributed by atoms with E-state index in [9.17, 15) is 9.59 Å². The zero-order valence-electron chi connectivity index (χ0n) is 9.10. The van der Waals surface area contributed by atoms with Crippen molar-refractivity contribution in [3.05, 3.63) is 29.8 Å². The highest BCUT2D eigenvalue weighted by Crippen LogP contribution is 2.18. The number of hydrogen-bond acceptors (Lipinski definition) is 4. The van der Waals surface area contributed by atoms with Crippen molar-refractivity contribution in [1.29, 1.82) is 0 Å². The maximum absolute atomic E-state index is 11.4. The first-order valence-electron chi connectivity index (χ1n) is 4.64. The van der Waals surface area contributed by atoms with Crippen LogP contribution in [0.2, 0.25) is 0 Å². The van der Waals surface area contributed by atoms with Crippen LogP contribution in [0.15, 0.2) is 24.3 Å². The Bertz CT molecular complexity index is 361. The van der Waals surface area contributed by atoms with Gasteiger partial charge < -0.3 is 14.8 Å². The van der Waals surface area contributed by atoms with E-state index in [-0.39, 0.29) is 0 Å². The quantitative estimate of drug-likeness (QED) is 0.588. The highest BCUT2D eigenvalue weighted by atomic mass is 16.5. The number of ether oxygens (including phenoxy) is 2. The lowest BCUT2D eigenvalue weighted by Crippen LogP contribution is -2.28. The monoisotopic (exact) mass is 223 g/mol. The Labute approximate surface area is 93.4 Å². The van der Waals surface area contributed by atoms with Crippen LogP contribution in [0.3, 0.4) is 0 Å². The smallest absolute Gasteiger partial charge is 0.333 e. The molecule has 0 bridgehead atoms. The molecule has 0 aliphatic heterocycles. The number of amides is 1. The van der Waals surface area contributed by atoms with Gasteiger partial charge in [0.1, 0.15) is 5.75 Å². The zero-order chi connectivity index (χ0) is 12.0. The average molecular weight is 223 g/mol. The first kappa shape index (κ1) is 12.0. The summed E-state index contributed by atoms with van der Waals surface area (Å²) in [6.45, 7) is 0. The molecule has 16 heavy (non-hydrogen) atoms. The molecule has 1 N–H and O–H groups in total. The first-order chi connectivity index (χ1) is 7.72. The molecule has 1 atom stereocenters. The summed E-state index contributed by atoms with van der Waals surface area (Å²) in [5, 5.41) is 2.39. The Balaban J connectivity index is 2.91. The molecule has 5 heteroatoms. The van der Waals surface area contributed by atoms with Crippen molar-refractivity contribution in [3.63, 3.8) is 0 Å². The van der Waals surface area contributed by atoms with E-state index in [4.69, 9.17) is 4.74 Å². The summed E-state index contributed by atoms with van der Waals surface area (Å²) in [6, 6.07) is 6.01. The van der Waals surface area contributed by atoms with Crippen LogP contribution in [-0.2, 0) is 14.3 Å². The molecule has 0 aliphatic rings. The molecule has 86 valence electrons. The third kappa shape index (κ3) is 2.73. The normalized spacial score (nSPS) is 11.4. The van der Waals surface area contributed by atoms with E-state index in [1.807, 2.05) is 0 Å². The molecule has 1 rings (SSSR count). The Hall–Kier alpha value is -2.04. The number of methoxy groups -OCH3 is 2. The Morgan fingerprint density at radius 1 is 1.31 bits per heavy atom. The van der Waals surface area contributed by atoms with Crippen molar-refractivity contribution in [1.82, 2.24) is 5.32 Å². The minimum atomic E-state index is -0.784. The van der Waals surface area contributed by atoms with Crippen LogP contribution in [0.25, 0.3) is 0 Å². The summed E-state index contributed by atoms with van der Waals surface area (Å²) >= 11 is 0. The highest BCUT2D eigenvalue weighted by Gasteiger charge is 2.20. The number of rotatable bonds is 5. The minimum absolute atomic E-state index is 0.464. The van der Waals surface area contributed by atoms with Gasteiger partial charge in [-0.05, 0) is 17.7 Å². The fourth-order valence-electron chi connectivity index (χ4n) is 1.28. The van der Waals surface area contributed by atoms with Crippen LogP contribution in [0.1, 0.15) is 11.6 Å². The van der Waals surface area contributed by atoms with Gasteiger partial charge in [0.05, 0.1) is 14.2 Å². The molecule has 0 heterocycles. The molecule has 0 aromatic heterocycles. The van der Waals surface area contributed by atoms with Crippen molar-refractivity contribution in [3.8, 4) is 5.75 Å². The van der Waals surface area contributed by atoms with Crippen LogP contribution in [0, 0.1) is 0 Å². The van der Waals surface area contributed by atoms with Gasteiger partial charge in [0.15, 0.2) is 6.04 Å². The maximum Gasteiger partial charge on any atom is 0.333 e. The molecule has 1 amide bonds. The molecule has 0 aliphatic carbocycles. The predicted molar refractivity (Wildman–Crippen MR) is 57.0 cm³/mol. The minimum Gasteiger partial charge on any atom is -0.497 e. The molecule has 0 saturated heterocycles. The first-order valence-corrected chi connectivity index (χ1v) is 4.64. The van der Waals surface area contributed by atoms with Crippen LogP contribution >= 0.6 is 0 Å². The number of hydrogen-bond donors (Lipinski definition) is 1. The lowest BCUT2D eigenvalue weighted by molar-refractivity contribution is -0.144. The number of carbonyl (C=O) groups excluding carboxylic acids is 2. The second-order valence-electron chi connectivity index (χ2n) is 3.01. The Morgan fingerprint density at radius 3 is 2.38 bits per heavy atom. The van der Waals surface area contributed by atoms with E-state index in [1.54, 1.807) is 31.4 Å². The largest absolute Gasteiger partial charge is 0.497 e. The van der Waals surface area contributed by atoms with Gasteiger partial charge in [-0.25, -0.2) is 4.79 Å². The van der Waals surface area contributed by atoms with Crippen LogP contribution in [0.5, 0.6) is 5.75 Å². The molecular weight excluding hydrogens is 210 g/mol. The van der Waals surface area contributed by atoms with Crippen LogP contribution in [0.4, 0.5) is 0 Å². The zero-order valence-corrected chi connectivity index (χ0v) is 9.10. The van der Waals surface area contributed by atoms with Crippen molar-refractivity contribution >= 4 is 12.4 Å². The summed E-state index contributed by atoms with van der Waals surface area (Å²) in [7, 11) is 2.82. The Kier molecular flexibility index (Phi) is 4.32. The van der Waals surface area contributed by atoms with Crippen molar-refractivity contribution in [2.45, 2.75) is 6.04 Å². The van der Waals surface area contributed by atoms with E-state index < -0.39 is 12.0 Å². The summed E-state index contributed by atoms with van der Waals surface area (Å²) in [4.78, 5) is 21.8. The SMILES string of the molecule is COC(=O)C(NC=O)c1ccc(OC)cc1. The van der Waals surface area contributed by atoms with Crippen molar-refractivity contribution in [2.24, 2.45) is 0 Å². The second kappa shape index (κ2) is 5.75. The van der Waals surface area contributed by atoms with Gasteiger partial charge in [0, 0.05) is 0 Å². The number of carbonyl (C=O) groups is 2. The summed E-state index contributed by atoms with van der Waals surface area (Å²) < 4.78 is 9.57. The lowest BCUT2D eigenvalue weighted by Gasteiger charge is -2.14. The summed E-state index contributed by atoms with van der Waals surface area (Å²) in [6.07, 6.45) is 0.464. The van der Waals surface area contributed by atoms with Gasteiger partial charge in [0.2, 0.25) is 6.41 Å². The second-order valence-corrected chi connectivity index (χ2v) is 3.01. The van der Waals surface area contributed by atoms with Gasteiger partial charge in [-0.2, -0.15) is 0 Å². The summed E-state index contributed by atoms with van der Waals surface area (Å²) in [5.74, 6) is 0.163. The summed E-state index contributed by atoms with van der Waals surface area (Å²) in [5.41, 5.74) is 0.639. The van der Waals surface area contributed by atoms with Crippen LogP contribution < -0.4 is 10.1 Å². The Morgan fingerprint density at radius 2 is 1.94 bits per heavy atom. The van der Waals surface area contributed by atoms with Gasteiger partial charge in [-0.15, -0.1) is 0 Å². The molecular formula is C11H13NO4. The number of esters is 1. The molecule has 0 saturated carbocycles. The van der Waals surface area contributed by atoms with E-state index in [1.165, 1.54) is 7.11 Å². The van der Waals surface area contributed by atoms with Gasteiger partial charge in [-0.3, -0.25) is 4.79 Å². The molecule has 0 fully saturated rings. The number of benzene rings is 1. The van der Waals surface area contributed by atoms with Crippen molar-refractivity contribution in [2.75, 3.05) is 14.2 Å². The molecule has 5 nitrogen and oxygen atoms in total. The third-order valence-electron chi connectivity index (χ3n) is 2.12. The molecule has 1 aromatic carbocycles. The van der Waals surface area contributed by atoms with Gasteiger partial charge in [0.25, 0.3) is 0 Å². The number of nitrogens with one attached hydrogen (secondary N) is 1. The lowest BCUT2D eigenvalue weighted by atomic mass is 10.1. The highest BCUT2D eigenvalue weighted by molar-refractivity contribution is 5.79. The van der Waals surface area contributed by atoms with Crippen molar-refractivity contribution < 1.29 is 19.1 Å². The van der Waals surface area contributed by atoms with Gasteiger partial charge in [-0.1, -0.05) is 12.1 Å². The van der Waals surface area contributed by atoms with E-state index in [2.05, 4.69) is 10.1 Å². The maximum atomic E-state index is 11.4. The standard InChI is InChI=1S/C11H13NO4/c1-15-9-5-3-8(4-6-9)10(12-7-13)11(14)16-2/h3-7,10H,1-2H3,(H,12,13). The average Bonchev–Trinajstić information content (AvgIpc) is 2.35. The topological polar surface area (TPSA) is 64.6 Å². The predicted octanol–water partition coefficient (Wildman–Crippen LogP) is 0.655. The van der Waals surface area contributed by atoms with Crippen LogP contribution in [-0.4, -0.2) is 26.6 Å². The third-order valence-corrected chi connectivity index (χ3v) is 2.12.